The number of anilines is 1. The quantitative estimate of drug-likeness (QED) is 0.153. The molecule has 0 N–H and O–H groups in total. The minimum absolute atomic E-state index is 0.158. The van der Waals surface area contributed by atoms with E-state index in [2.05, 4.69) is 27.0 Å². The van der Waals surface area contributed by atoms with Crippen LogP contribution < -0.4 is 25.6 Å². The fraction of sp³-hybridized carbons (Fsp3) is 0.379. The van der Waals surface area contributed by atoms with Crippen molar-refractivity contribution in [1.29, 1.82) is 0 Å². The standard InChI is InChI=1S/C29H35AsN8O4/c1-33-24-25(31-27(30)38-26(24)32-37(29(38)40)20-21-6-4-3-5-7-21)36(28(33)39)17-14-34-12-15-35(16-13-34)22-8-10-23(11-9-22)42-19-18-41-2/h3-11H,12-20,30H2,1-2H3. The van der Waals surface area contributed by atoms with Crippen molar-refractivity contribution in [3.63, 3.8) is 0 Å². The second kappa shape index (κ2) is 12.2. The summed E-state index contributed by atoms with van der Waals surface area (Å²) in [4.78, 5) is 36.1. The molecule has 0 saturated carbocycles. The summed E-state index contributed by atoms with van der Waals surface area (Å²) in [5.74, 6) is 0.838. The van der Waals surface area contributed by atoms with Gasteiger partial charge < -0.3 is 9.47 Å². The third-order valence-electron chi connectivity index (χ3n) is 7.77. The number of aromatic nitrogens is 6. The molecule has 3 aromatic heterocycles. The predicted molar refractivity (Wildman–Crippen MR) is 164 cm³/mol. The molecule has 0 spiro atoms. The zero-order valence-corrected chi connectivity index (χ0v) is 26.3. The molecule has 1 aliphatic rings. The van der Waals surface area contributed by atoms with Gasteiger partial charge in [-0.05, 0) is 12.1 Å². The van der Waals surface area contributed by atoms with Gasteiger partial charge in [-0.2, -0.15) is 0 Å². The number of aryl methyl sites for hydroxylation is 1. The zero-order valence-electron chi connectivity index (χ0n) is 23.8. The van der Waals surface area contributed by atoms with Crippen LogP contribution in [0.4, 0.5) is 5.69 Å². The van der Waals surface area contributed by atoms with Crippen molar-refractivity contribution in [2.45, 2.75) is 13.1 Å². The normalized spacial score (nSPS) is 14.3. The van der Waals surface area contributed by atoms with Crippen molar-refractivity contribution in [1.82, 2.24) is 33.2 Å². The van der Waals surface area contributed by atoms with E-state index in [1.54, 1.807) is 23.3 Å². The van der Waals surface area contributed by atoms with Crippen LogP contribution in [-0.2, 0) is 24.9 Å². The maximum atomic E-state index is 13.4. The molecular formula is C29H35AsN8O4. The minimum Gasteiger partial charge on any atom is -0.0179 e. The van der Waals surface area contributed by atoms with Crippen LogP contribution in [0.25, 0.3) is 16.8 Å². The summed E-state index contributed by atoms with van der Waals surface area (Å²) in [7, 11) is 3.38. The molecule has 0 amide bonds. The van der Waals surface area contributed by atoms with Gasteiger partial charge in [0.2, 0.25) is 0 Å². The van der Waals surface area contributed by atoms with Gasteiger partial charge in [0.05, 0.1) is 6.61 Å². The van der Waals surface area contributed by atoms with Crippen LogP contribution in [0.5, 0.6) is 5.75 Å². The van der Waals surface area contributed by atoms with Gasteiger partial charge >= 0.3 is 204 Å². The van der Waals surface area contributed by atoms with Crippen LogP contribution in [0.2, 0.25) is 0 Å². The molecule has 12 nitrogen and oxygen atoms in total. The van der Waals surface area contributed by atoms with E-state index in [0.717, 1.165) is 44.0 Å². The fourth-order valence-corrected chi connectivity index (χ4v) is 6.21. The number of rotatable bonds is 10. The molecule has 13 heteroatoms. The molecule has 0 bridgehead atoms. The molecule has 0 radical (unpaired) electrons. The van der Waals surface area contributed by atoms with Crippen molar-refractivity contribution in [2.24, 2.45) is 7.05 Å². The molecular weight excluding hydrogens is 599 g/mol. The van der Waals surface area contributed by atoms with Gasteiger partial charge in [0.25, 0.3) is 0 Å². The molecule has 1 aliphatic heterocycles. The van der Waals surface area contributed by atoms with E-state index >= 15 is 0 Å². The Morgan fingerprint density at radius 3 is 2.33 bits per heavy atom. The van der Waals surface area contributed by atoms with Gasteiger partial charge in [-0.15, -0.1) is 0 Å². The van der Waals surface area contributed by atoms with E-state index in [1.165, 1.54) is 31.6 Å². The number of nitrogens with zero attached hydrogens (tertiary/aromatic N) is 8. The summed E-state index contributed by atoms with van der Waals surface area (Å²) in [6, 6.07) is 17.9. The summed E-state index contributed by atoms with van der Waals surface area (Å²) in [5, 5.41) is 4.66. The van der Waals surface area contributed by atoms with Crippen LogP contribution in [0, 0.1) is 0 Å². The Kier molecular flexibility index (Phi) is 8.19. The third-order valence-corrected chi connectivity index (χ3v) is 8.58. The first kappa shape index (κ1) is 28.3. The van der Waals surface area contributed by atoms with Gasteiger partial charge in [0.15, 0.2) is 0 Å². The zero-order chi connectivity index (χ0) is 29.2. The average Bonchev–Trinajstić information content (AvgIpc) is 3.45. The van der Waals surface area contributed by atoms with E-state index in [-0.39, 0.29) is 11.4 Å². The number of hydrogen-bond acceptors (Lipinski definition) is 8. The summed E-state index contributed by atoms with van der Waals surface area (Å²) in [6.07, 6.45) is 0. The molecule has 42 heavy (non-hydrogen) atoms. The van der Waals surface area contributed by atoms with E-state index in [4.69, 9.17) is 14.5 Å². The Labute approximate surface area is 251 Å². The van der Waals surface area contributed by atoms with Gasteiger partial charge in [0.1, 0.15) is 12.4 Å². The predicted octanol–water partition coefficient (Wildman–Crippen LogP) is -0.301. The molecule has 6 rings (SSSR count). The molecule has 1 saturated heterocycles. The number of hydrogen-bond donors (Lipinski definition) is 0. The molecule has 2 aromatic carbocycles. The monoisotopic (exact) mass is 634 g/mol. The average molecular weight is 635 g/mol. The van der Waals surface area contributed by atoms with Gasteiger partial charge in [-0.3, -0.25) is 0 Å². The van der Waals surface area contributed by atoms with Gasteiger partial charge in [-0.25, -0.2) is 0 Å². The summed E-state index contributed by atoms with van der Waals surface area (Å²) in [6.45, 7) is 6.27. The van der Waals surface area contributed by atoms with Crippen molar-refractivity contribution in [2.75, 3.05) is 57.9 Å². The van der Waals surface area contributed by atoms with Crippen LogP contribution in [0.3, 0.4) is 0 Å². The molecule has 5 aromatic rings. The molecule has 1 fully saturated rings. The minimum atomic E-state index is -0.256. The summed E-state index contributed by atoms with van der Waals surface area (Å²) < 4.78 is 17.5. The first-order chi connectivity index (χ1) is 20.4. The van der Waals surface area contributed by atoms with Crippen molar-refractivity contribution in [3.05, 3.63) is 81.1 Å². The molecule has 1 atom stereocenters. The van der Waals surface area contributed by atoms with E-state index in [1.807, 2.05) is 42.5 Å². The Bertz CT molecular complexity index is 1800. The Morgan fingerprint density at radius 1 is 0.881 bits per heavy atom. The van der Waals surface area contributed by atoms with Crippen LogP contribution in [-0.4, -0.2) is 103 Å². The Balaban J connectivity index is 1.16. The van der Waals surface area contributed by atoms with Gasteiger partial charge in [-0.1, -0.05) is 0 Å². The van der Waals surface area contributed by atoms with Crippen molar-refractivity contribution >= 4 is 44.0 Å². The molecule has 4 heterocycles. The second-order valence-corrected chi connectivity index (χ2v) is 11.5. The van der Waals surface area contributed by atoms with Crippen LogP contribution in [0.1, 0.15) is 5.56 Å². The third kappa shape index (κ3) is 5.49. The van der Waals surface area contributed by atoms with Crippen LogP contribution >= 0.6 is 0 Å². The summed E-state index contributed by atoms with van der Waals surface area (Å²) >= 11 is 1.22. The first-order valence-electron chi connectivity index (χ1n) is 14.0. The smallest absolute Gasteiger partial charge is 0.0179 e. The maximum absolute atomic E-state index is 13.4. The number of piperazine rings is 1. The number of ether oxygens (including phenoxy) is 2. The van der Waals surface area contributed by atoms with E-state index in [9.17, 15) is 9.59 Å². The number of benzene rings is 2. The summed E-state index contributed by atoms with van der Waals surface area (Å²) in [5.41, 5.74) is 3.34. The number of methoxy groups -OCH3 is 1. The fourth-order valence-electron chi connectivity index (χ4n) is 5.46. The molecule has 1 unspecified atom stereocenters. The number of imidazole rings is 1. The van der Waals surface area contributed by atoms with E-state index < -0.39 is 0 Å². The molecule has 0 aliphatic carbocycles. The Hall–Kier alpha value is -3.86. The molecule has 220 valence electrons. The van der Waals surface area contributed by atoms with Crippen molar-refractivity contribution < 1.29 is 9.47 Å². The first-order valence-corrected chi connectivity index (χ1v) is 15.2. The van der Waals surface area contributed by atoms with Gasteiger partial charge in [0, 0.05) is 7.11 Å². The van der Waals surface area contributed by atoms with Crippen molar-refractivity contribution in [3.8, 4) is 5.75 Å². The van der Waals surface area contributed by atoms with Crippen LogP contribution in [0.15, 0.2) is 64.2 Å². The second-order valence-electron chi connectivity index (χ2n) is 10.4. The SMILES string of the molecule is COCCOc1ccc(N2CCN(CCn3c(=O)n(C)c4c3nc([AsH2])n3c(=O)n(Cc5ccccc5)nc43)CC2)cc1. The Morgan fingerprint density at radius 2 is 1.62 bits per heavy atom. The number of fused-ring (bicyclic) bond motifs is 3. The topological polar surface area (TPSA) is 104 Å². The van der Waals surface area contributed by atoms with E-state index in [0.29, 0.717) is 47.7 Å².